The number of hydrogen-bond donors (Lipinski definition) is 3. The number of nitrogens with zero attached hydrogens (tertiary/aromatic N) is 4. The summed E-state index contributed by atoms with van der Waals surface area (Å²) < 4.78 is 43.4. The molecule has 0 unspecified atom stereocenters. The van der Waals surface area contributed by atoms with Gasteiger partial charge in [-0.1, -0.05) is 24.3 Å². The maximum absolute atomic E-state index is 12.2. The number of benzene rings is 3. The summed E-state index contributed by atoms with van der Waals surface area (Å²) in [7, 11) is -3.65. The number of nitrogen functional groups attached to an aromatic ring is 2. The van der Waals surface area contributed by atoms with Gasteiger partial charge in [-0.25, -0.2) is 9.59 Å². The minimum absolute atomic E-state index is 0.0762. The monoisotopic (exact) mass is 526 g/mol. The van der Waals surface area contributed by atoms with Gasteiger partial charge in [0, 0.05) is 0 Å². The molecule has 0 saturated carbocycles. The smallest absolute Gasteiger partial charge is 0.340 e. The third-order valence-electron chi connectivity index (χ3n) is 4.83. The summed E-state index contributed by atoms with van der Waals surface area (Å²) in [5.74, 6) is -1.32. The summed E-state index contributed by atoms with van der Waals surface area (Å²) in [6.07, 6.45) is 0. The fraction of sp³-hybridized carbons (Fsp3) is 0.130. The zero-order valence-corrected chi connectivity index (χ0v) is 20.5. The van der Waals surface area contributed by atoms with E-state index < -0.39 is 32.6 Å². The van der Waals surface area contributed by atoms with Gasteiger partial charge in [-0.3, -0.25) is 4.55 Å². The standard InChI is InChI=1S/C23H22N6O7S/c1-3-36-23(31)14-9-5-7-11-16(14)26-28-17-12-18(37(32,33)34)20(25)21(19(17)24)29-27-15-10-6-4-8-13(15)22(30)35-2/h4-12H,3,24-25H2,1-2H3,(H,32,33,34)/b28-26+,29-27+. The van der Waals surface area contributed by atoms with Gasteiger partial charge in [-0.2, -0.15) is 8.42 Å². The minimum Gasteiger partial charge on any atom is -0.465 e. The van der Waals surface area contributed by atoms with Gasteiger partial charge < -0.3 is 20.9 Å². The van der Waals surface area contributed by atoms with E-state index in [1.807, 2.05) is 0 Å². The van der Waals surface area contributed by atoms with Crippen molar-refractivity contribution in [2.75, 3.05) is 25.2 Å². The molecule has 0 bridgehead atoms. The lowest BCUT2D eigenvalue weighted by atomic mass is 10.2. The van der Waals surface area contributed by atoms with Crippen LogP contribution in [0, 0.1) is 0 Å². The molecule has 0 spiro atoms. The maximum Gasteiger partial charge on any atom is 0.340 e. The fourth-order valence-corrected chi connectivity index (χ4v) is 3.70. The van der Waals surface area contributed by atoms with Crippen LogP contribution in [-0.2, 0) is 19.6 Å². The van der Waals surface area contributed by atoms with Gasteiger partial charge in [0.2, 0.25) is 0 Å². The summed E-state index contributed by atoms with van der Waals surface area (Å²) in [6, 6.07) is 13.1. The minimum atomic E-state index is -4.85. The van der Waals surface area contributed by atoms with Crippen molar-refractivity contribution in [3.63, 3.8) is 0 Å². The number of methoxy groups -OCH3 is 1. The SMILES string of the molecule is CCOC(=O)c1ccccc1/N=N/c1cc(S(=O)(=O)O)c(N)c(/N=N/c2ccccc2C(=O)OC)c1N. The van der Waals surface area contributed by atoms with Crippen LogP contribution in [0.15, 0.2) is 79.9 Å². The Morgan fingerprint density at radius 3 is 1.89 bits per heavy atom. The first-order valence-electron chi connectivity index (χ1n) is 10.5. The molecule has 0 amide bonds. The molecule has 0 aliphatic carbocycles. The highest BCUT2D eigenvalue weighted by molar-refractivity contribution is 7.86. The molecule has 3 rings (SSSR count). The highest BCUT2D eigenvalue weighted by Crippen LogP contribution is 2.43. The van der Waals surface area contributed by atoms with Gasteiger partial charge in [0.05, 0.1) is 36.2 Å². The molecule has 0 radical (unpaired) electrons. The molecule has 0 heterocycles. The van der Waals surface area contributed by atoms with Gasteiger partial charge in [-0.15, -0.1) is 20.5 Å². The number of esters is 2. The lowest BCUT2D eigenvalue weighted by molar-refractivity contribution is 0.0526. The number of ether oxygens (including phenoxy) is 2. The maximum atomic E-state index is 12.2. The second-order valence-corrected chi connectivity index (χ2v) is 8.58. The lowest BCUT2D eigenvalue weighted by Gasteiger charge is -2.11. The van der Waals surface area contributed by atoms with E-state index in [4.69, 9.17) is 20.9 Å². The highest BCUT2D eigenvalue weighted by Gasteiger charge is 2.23. The zero-order valence-electron chi connectivity index (χ0n) is 19.7. The number of azo groups is 2. The molecule has 0 fully saturated rings. The molecular weight excluding hydrogens is 504 g/mol. The first-order valence-corrected chi connectivity index (χ1v) is 12.0. The van der Waals surface area contributed by atoms with Gasteiger partial charge >= 0.3 is 11.9 Å². The number of carbonyl (C=O) groups excluding carboxylic acids is 2. The predicted molar refractivity (Wildman–Crippen MR) is 134 cm³/mol. The quantitative estimate of drug-likeness (QED) is 0.158. The normalized spacial score (nSPS) is 11.6. The van der Waals surface area contributed by atoms with Crippen molar-refractivity contribution in [1.82, 2.24) is 0 Å². The van der Waals surface area contributed by atoms with E-state index in [0.717, 1.165) is 6.07 Å². The van der Waals surface area contributed by atoms with Crippen LogP contribution in [0.4, 0.5) is 34.1 Å². The van der Waals surface area contributed by atoms with E-state index in [-0.39, 0.29) is 46.2 Å². The van der Waals surface area contributed by atoms with E-state index in [1.54, 1.807) is 31.2 Å². The van der Waals surface area contributed by atoms with Crippen LogP contribution in [0.1, 0.15) is 27.6 Å². The first kappa shape index (κ1) is 26.9. The zero-order chi connectivity index (χ0) is 27.2. The highest BCUT2D eigenvalue weighted by atomic mass is 32.2. The van der Waals surface area contributed by atoms with Gasteiger partial charge in [0.25, 0.3) is 10.1 Å². The van der Waals surface area contributed by atoms with Crippen molar-refractivity contribution in [2.24, 2.45) is 20.5 Å². The first-order chi connectivity index (χ1) is 17.6. The molecule has 5 N–H and O–H groups in total. The van der Waals surface area contributed by atoms with Crippen LogP contribution in [0.5, 0.6) is 0 Å². The third-order valence-corrected chi connectivity index (χ3v) is 5.72. The molecule has 0 aliphatic rings. The van der Waals surface area contributed by atoms with E-state index in [9.17, 15) is 22.6 Å². The van der Waals surface area contributed by atoms with E-state index >= 15 is 0 Å². The second-order valence-electron chi connectivity index (χ2n) is 7.19. The second kappa shape index (κ2) is 11.4. The van der Waals surface area contributed by atoms with Crippen molar-refractivity contribution in [1.29, 1.82) is 0 Å². The summed E-state index contributed by atoms with van der Waals surface area (Å²) in [4.78, 5) is 23.5. The molecule has 0 atom stereocenters. The Morgan fingerprint density at radius 2 is 1.35 bits per heavy atom. The van der Waals surface area contributed by atoms with Gasteiger partial charge in [-0.05, 0) is 37.3 Å². The molecule has 13 nitrogen and oxygen atoms in total. The van der Waals surface area contributed by atoms with Crippen LogP contribution in [0.25, 0.3) is 0 Å². The van der Waals surface area contributed by atoms with Crippen LogP contribution >= 0.6 is 0 Å². The Labute approximate surface area is 211 Å². The Kier molecular flexibility index (Phi) is 8.26. The Hall–Kier alpha value is -4.69. The number of hydrogen-bond acceptors (Lipinski definition) is 12. The fourth-order valence-electron chi connectivity index (χ4n) is 3.06. The van der Waals surface area contributed by atoms with Crippen molar-refractivity contribution in [3.8, 4) is 0 Å². The molecule has 37 heavy (non-hydrogen) atoms. The van der Waals surface area contributed by atoms with Crippen LogP contribution in [0.3, 0.4) is 0 Å². The predicted octanol–water partition coefficient (Wildman–Crippen LogP) is 4.89. The largest absolute Gasteiger partial charge is 0.465 e. The van der Waals surface area contributed by atoms with E-state index in [2.05, 4.69) is 20.5 Å². The average molecular weight is 527 g/mol. The average Bonchev–Trinajstić information content (AvgIpc) is 2.87. The summed E-state index contributed by atoms with van der Waals surface area (Å²) in [5, 5.41) is 15.8. The van der Waals surface area contributed by atoms with E-state index in [0.29, 0.717) is 0 Å². The molecule has 3 aromatic rings. The van der Waals surface area contributed by atoms with Crippen LogP contribution in [0.2, 0.25) is 0 Å². The molecule has 192 valence electrons. The molecule has 0 aliphatic heterocycles. The van der Waals surface area contributed by atoms with Crippen molar-refractivity contribution >= 4 is 56.2 Å². The molecule has 0 saturated heterocycles. The van der Waals surface area contributed by atoms with E-state index in [1.165, 1.54) is 31.4 Å². The lowest BCUT2D eigenvalue weighted by Crippen LogP contribution is -2.05. The van der Waals surface area contributed by atoms with Crippen molar-refractivity contribution in [2.45, 2.75) is 11.8 Å². The number of nitrogens with two attached hydrogens (primary N) is 2. The summed E-state index contributed by atoms with van der Waals surface area (Å²) >= 11 is 0. The molecular formula is C23H22N6O7S. The van der Waals surface area contributed by atoms with Crippen LogP contribution < -0.4 is 11.5 Å². The Bertz CT molecular complexity index is 1520. The van der Waals surface area contributed by atoms with Crippen molar-refractivity contribution < 1.29 is 32.0 Å². The molecule has 3 aromatic carbocycles. The summed E-state index contributed by atoms with van der Waals surface area (Å²) in [6.45, 7) is 1.79. The molecule has 14 heteroatoms. The number of rotatable bonds is 8. The van der Waals surface area contributed by atoms with Gasteiger partial charge in [0.1, 0.15) is 27.6 Å². The van der Waals surface area contributed by atoms with Gasteiger partial charge in [0.15, 0.2) is 0 Å². The topological polar surface area (TPSA) is 208 Å². The van der Waals surface area contributed by atoms with Crippen LogP contribution in [-0.4, -0.2) is 38.6 Å². The van der Waals surface area contributed by atoms with Crippen molar-refractivity contribution in [3.05, 3.63) is 65.7 Å². The summed E-state index contributed by atoms with van der Waals surface area (Å²) in [5.41, 5.74) is 11.1. The Balaban J connectivity index is 2.15. The third kappa shape index (κ3) is 6.12. The number of anilines is 2. The molecule has 0 aromatic heterocycles. The number of carbonyl (C=O) groups is 2. The Morgan fingerprint density at radius 1 is 0.838 bits per heavy atom.